The monoisotopic (exact) mass is 432 g/mol. The highest BCUT2D eigenvalue weighted by atomic mass is 32.1. The van der Waals surface area contributed by atoms with E-state index in [2.05, 4.69) is 9.55 Å². The van der Waals surface area contributed by atoms with Gasteiger partial charge in [-0.15, -0.1) is 22.7 Å². The standard InChI is InChI=1S/C21H24N2O4S2/c1-12-9-16(15(4)23(12)13(2)10-26-5)17(24)11-27-21(25)19-14(3)22-20(29-19)18-7-6-8-28-18/h6-9,13H,10-11H2,1-5H3. The van der Waals surface area contributed by atoms with Crippen LogP contribution in [-0.4, -0.2) is 41.6 Å². The minimum atomic E-state index is -0.516. The summed E-state index contributed by atoms with van der Waals surface area (Å²) in [7, 11) is 1.65. The van der Waals surface area contributed by atoms with E-state index in [1.807, 2.05) is 44.4 Å². The summed E-state index contributed by atoms with van der Waals surface area (Å²) in [5, 5.41) is 2.75. The normalized spacial score (nSPS) is 12.2. The van der Waals surface area contributed by atoms with Crippen LogP contribution in [0.25, 0.3) is 9.88 Å². The molecule has 0 aliphatic carbocycles. The second kappa shape index (κ2) is 9.02. The minimum Gasteiger partial charge on any atom is -0.453 e. The molecule has 0 bridgehead atoms. The molecule has 3 rings (SSSR count). The number of nitrogens with zero attached hydrogens (tertiary/aromatic N) is 2. The van der Waals surface area contributed by atoms with Gasteiger partial charge in [-0.05, 0) is 45.2 Å². The molecule has 0 saturated carbocycles. The Labute approximate surface area is 178 Å². The van der Waals surface area contributed by atoms with Crippen molar-refractivity contribution in [3.63, 3.8) is 0 Å². The number of carbonyl (C=O) groups excluding carboxylic acids is 2. The number of thiophene rings is 1. The maximum atomic E-state index is 12.7. The van der Waals surface area contributed by atoms with Gasteiger partial charge in [-0.3, -0.25) is 4.79 Å². The smallest absolute Gasteiger partial charge is 0.350 e. The third kappa shape index (κ3) is 4.49. The highest BCUT2D eigenvalue weighted by Crippen LogP contribution is 2.31. The first-order valence-electron chi connectivity index (χ1n) is 9.22. The molecule has 3 heterocycles. The molecule has 8 heteroatoms. The van der Waals surface area contributed by atoms with Crippen LogP contribution < -0.4 is 0 Å². The van der Waals surface area contributed by atoms with E-state index in [4.69, 9.17) is 9.47 Å². The Kier molecular flexibility index (Phi) is 6.66. The van der Waals surface area contributed by atoms with Gasteiger partial charge in [-0.2, -0.15) is 0 Å². The lowest BCUT2D eigenvalue weighted by atomic mass is 10.1. The summed E-state index contributed by atoms with van der Waals surface area (Å²) < 4.78 is 12.6. The van der Waals surface area contributed by atoms with Crippen molar-refractivity contribution in [1.29, 1.82) is 0 Å². The molecular formula is C21H24N2O4S2. The summed E-state index contributed by atoms with van der Waals surface area (Å²) in [6.45, 7) is 7.92. The van der Waals surface area contributed by atoms with Crippen molar-refractivity contribution in [1.82, 2.24) is 9.55 Å². The van der Waals surface area contributed by atoms with Crippen molar-refractivity contribution in [3.8, 4) is 9.88 Å². The van der Waals surface area contributed by atoms with Gasteiger partial charge < -0.3 is 14.0 Å². The molecule has 0 spiro atoms. The van der Waals surface area contributed by atoms with Crippen molar-refractivity contribution in [3.05, 3.63) is 51.1 Å². The first kappa shape index (κ1) is 21.4. The summed E-state index contributed by atoms with van der Waals surface area (Å²) in [4.78, 5) is 31.1. The van der Waals surface area contributed by atoms with Crippen molar-refractivity contribution < 1.29 is 19.1 Å². The molecule has 6 nitrogen and oxygen atoms in total. The molecule has 29 heavy (non-hydrogen) atoms. The van der Waals surface area contributed by atoms with Gasteiger partial charge in [0.05, 0.1) is 23.2 Å². The Morgan fingerprint density at radius 1 is 1.28 bits per heavy atom. The molecule has 1 atom stereocenters. The highest BCUT2D eigenvalue weighted by Gasteiger charge is 2.22. The molecule has 1 unspecified atom stereocenters. The molecule has 3 aromatic heterocycles. The third-order valence-electron chi connectivity index (χ3n) is 4.68. The molecule has 0 fully saturated rings. The zero-order valence-corrected chi connectivity index (χ0v) is 18.8. The Bertz CT molecular complexity index is 1020. The van der Waals surface area contributed by atoms with Gasteiger partial charge in [0.1, 0.15) is 9.88 Å². The molecule has 0 aliphatic rings. The molecule has 0 aliphatic heterocycles. The molecule has 0 saturated heterocycles. The number of methoxy groups -OCH3 is 1. The summed E-state index contributed by atoms with van der Waals surface area (Å²) in [6, 6.07) is 5.85. The van der Waals surface area contributed by atoms with Gasteiger partial charge in [-0.1, -0.05) is 6.07 Å². The van der Waals surface area contributed by atoms with Gasteiger partial charge in [-0.25, -0.2) is 9.78 Å². The molecule has 0 N–H and O–H groups in total. The number of ether oxygens (including phenoxy) is 2. The summed E-state index contributed by atoms with van der Waals surface area (Å²) in [6.07, 6.45) is 0. The van der Waals surface area contributed by atoms with Crippen LogP contribution in [0.3, 0.4) is 0 Å². The number of thiazole rings is 1. The Balaban J connectivity index is 1.70. The number of Topliss-reactive ketones (excluding diaryl/α,β-unsaturated/α-hetero) is 1. The summed E-state index contributed by atoms with van der Waals surface area (Å²) >= 11 is 2.85. The number of aromatic nitrogens is 2. The Morgan fingerprint density at radius 3 is 2.69 bits per heavy atom. The van der Waals surface area contributed by atoms with Crippen molar-refractivity contribution in [2.45, 2.75) is 33.7 Å². The number of rotatable bonds is 8. The summed E-state index contributed by atoms with van der Waals surface area (Å²) in [5.41, 5.74) is 3.00. The van der Waals surface area contributed by atoms with Crippen molar-refractivity contribution in [2.24, 2.45) is 0 Å². The van der Waals surface area contributed by atoms with Crippen LogP contribution in [0.2, 0.25) is 0 Å². The Morgan fingerprint density at radius 2 is 2.03 bits per heavy atom. The van der Waals surface area contributed by atoms with Crippen LogP contribution in [0, 0.1) is 20.8 Å². The molecule has 154 valence electrons. The molecule has 0 radical (unpaired) electrons. The quantitative estimate of drug-likeness (QED) is 0.376. The van der Waals surface area contributed by atoms with Gasteiger partial charge in [0.25, 0.3) is 0 Å². The number of carbonyl (C=O) groups is 2. The van der Waals surface area contributed by atoms with Crippen LogP contribution in [0.4, 0.5) is 0 Å². The number of hydrogen-bond acceptors (Lipinski definition) is 7. The van der Waals surface area contributed by atoms with Gasteiger partial charge in [0.15, 0.2) is 6.61 Å². The lowest BCUT2D eigenvalue weighted by molar-refractivity contribution is 0.0478. The zero-order chi connectivity index (χ0) is 21.1. The van der Waals surface area contributed by atoms with E-state index in [1.165, 1.54) is 11.3 Å². The largest absolute Gasteiger partial charge is 0.453 e. The summed E-state index contributed by atoms with van der Waals surface area (Å²) in [5.74, 6) is -0.735. The second-order valence-corrected chi connectivity index (χ2v) is 8.82. The lowest BCUT2D eigenvalue weighted by Gasteiger charge is -2.17. The van der Waals surface area contributed by atoms with Crippen molar-refractivity contribution >= 4 is 34.4 Å². The fourth-order valence-electron chi connectivity index (χ4n) is 3.42. The van der Waals surface area contributed by atoms with E-state index in [-0.39, 0.29) is 18.4 Å². The van der Waals surface area contributed by atoms with Crippen LogP contribution in [0.5, 0.6) is 0 Å². The second-order valence-electron chi connectivity index (χ2n) is 6.87. The van der Waals surface area contributed by atoms with E-state index in [1.54, 1.807) is 25.4 Å². The van der Waals surface area contributed by atoms with Gasteiger partial charge in [0, 0.05) is 24.1 Å². The van der Waals surface area contributed by atoms with Crippen LogP contribution >= 0.6 is 22.7 Å². The maximum Gasteiger partial charge on any atom is 0.350 e. The van der Waals surface area contributed by atoms with E-state index in [0.717, 1.165) is 21.3 Å². The van der Waals surface area contributed by atoms with Crippen LogP contribution in [-0.2, 0) is 9.47 Å². The van der Waals surface area contributed by atoms with Gasteiger partial charge in [0.2, 0.25) is 5.78 Å². The number of ketones is 1. The minimum absolute atomic E-state index is 0.111. The fourth-order valence-corrected chi connectivity index (χ4v) is 5.18. The average molecular weight is 433 g/mol. The predicted octanol–water partition coefficient (Wildman–Crippen LogP) is 4.85. The molecular weight excluding hydrogens is 408 g/mol. The maximum absolute atomic E-state index is 12.7. The molecule has 3 aromatic rings. The van der Waals surface area contributed by atoms with E-state index in [9.17, 15) is 9.59 Å². The number of aryl methyl sites for hydroxylation is 2. The highest BCUT2D eigenvalue weighted by molar-refractivity contribution is 7.22. The van der Waals surface area contributed by atoms with E-state index < -0.39 is 5.97 Å². The van der Waals surface area contributed by atoms with Crippen LogP contribution in [0.1, 0.15) is 50.1 Å². The van der Waals surface area contributed by atoms with Crippen LogP contribution in [0.15, 0.2) is 23.6 Å². The zero-order valence-electron chi connectivity index (χ0n) is 17.1. The topological polar surface area (TPSA) is 70.4 Å². The first-order chi connectivity index (χ1) is 13.8. The first-order valence-corrected chi connectivity index (χ1v) is 10.9. The molecule has 0 amide bonds. The fraction of sp³-hybridized carbons (Fsp3) is 0.381. The average Bonchev–Trinajstić information content (AvgIpc) is 3.39. The predicted molar refractivity (Wildman–Crippen MR) is 115 cm³/mol. The molecule has 0 aromatic carbocycles. The number of hydrogen-bond donors (Lipinski definition) is 0. The lowest BCUT2D eigenvalue weighted by Crippen LogP contribution is -2.17. The van der Waals surface area contributed by atoms with Crippen molar-refractivity contribution in [2.75, 3.05) is 20.3 Å². The van der Waals surface area contributed by atoms with E-state index >= 15 is 0 Å². The van der Waals surface area contributed by atoms with Gasteiger partial charge >= 0.3 is 5.97 Å². The third-order valence-corrected chi connectivity index (χ3v) is 6.86. The SMILES string of the molecule is COCC(C)n1c(C)cc(C(=O)COC(=O)c2sc(-c3cccs3)nc2C)c1C. The Hall–Kier alpha value is -2.29. The van der Waals surface area contributed by atoms with E-state index in [0.29, 0.717) is 22.7 Å². The number of esters is 1.